The molecule has 0 unspecified atom stereocenters. The van der Waals surface area contributed by atoms with Crippen molar-refractivity contribution in [3.8, 4) is 0 Å². The van der Waals surface area contributed by atoms with Gasteiger partial charge in [0.25, 0.3) is 0 Å². The monoisotopic (exact) mass is 242 g/mol. The summed E-state index contributed by atoms with van der Waals surface area (Å²) >= 11 is 0. The molecule has 4 N–H and O–H groups in total. The lowest BCUT2D eigenvalue weighted by Gasteiger charge is -2.33. The number of nitrogens with two attached hydrogens (primary N) is 1. The molecule has 1 saturated carbocycles. The molecule has 17 heavy (non-hydrogen) atoms. The molecule has 0 saturated heterocycles. The van der Waals surface area contributed by atoms with Crippen LogP contribution in [0.5, 0.6) is 0 Å². The predicted octanol–water partition coefficient (Wildman–Crippen LogP) is 1.17. The highest BCUT2D eigenvalue weighted by atomic mass is 16.3. The number of aliphatic hydroxyl groups excluding tert-OH is 1. The Morgan fingerprint density at radius 2 is 1.82 bits per heavy atom. The van der Waals surface area contributed by atoms with Crippen molar-refractivity contribution >= 4 is 5.91 Å². The van der Waals surface area contributed by atoms with Crippen molar-refractivity contribution in [1.29, 1.82) is 0 Å². The lowest BCUT2D eigenvalue weighted by Crippen LogP contribution is -2.49. The van der Waals surface area contributed by atoms with Gasteiger partial charge in [0.2, 0.25) is 5.91 Å². The summed E-state index contributed by atoms with van der Waals surface area (Å²) in [6, 6.07) is 0.218. The van der Waals surface area contributed by atoms with Crippen molar-refractivity contribution < 1.29 is 9.90 Å². The van der Waals surface area contributed by atoms with Gasteiger partial charge in [-0.15, -0.1) is 0 Å². The smallest absolute Gasteiger partial charge is 0.227 e. The first-order valence-corrected chi connectivity index (χ1v) is 6.77. The molecule has 1 aliphatic rings. The van der Waals surface area contributed by atoms with Gasteiger partial charge < -0.3 is 16.2 Å². The molecular weight excluding hydrogens is 216 g/mol. The molecule has 0 radical (unpaired) electrons. The third kappa shape index (κ3) is 3.42. The van der Waals surface area contributed by atoms with Gasteiger partial charge in [-0.3, -0.25) is 4.79 Å². The van der Waals surface area contributed by atoms with E-state index in [2.05, 4.69) is 5.32 Å². The van der Waals surface area contributed by atoms with Gasteiger partial charge >= 0.3 is 0 Å². The maximum absolute atomic E-state index is 12.3. The summed E-state index contributed by atoms with van der Waals surface area (Å²) < 4.78 is 0. The SMILES string of the molecule is CCC(CC)(CN)C(=O)NC1CCC(O)CC1. The van der Waals surface area contributed by atoms with Gasteiger partial charge in [-0.25, -0.2) is 0 Å². The van der Waals surface area contributed by atoms with E-state index in [1.54, 1.807) is 0 Å². The Morgan fingerprint density at radius 3 is 2.24 bits per heavy atom. The molecule has 4 heteroatoms. The van der Waals surface area contributed by atoms with Crippen LogP contribution >= 0.6 is 0 Å². The van der Waals surface area contributed by atoms with Crippen LogP contribution in [0.15, 0.2) is 0 Å². The average Bonchev–Trinajstić information content (AvgIpc) is 2.35. The van der Waals surface area contributed by atoms with Gasteiger partial charge in [0.1, 0.15) is 0 Å². The van der Waals surface area contributed by atoms with Crippen molar-refractivity contribution in [3.63, 3.8) is 0 Å². The van der Waals surface area contributed by atoms with Crippen LogP contribution in [0.3, 0.4) is 0 Å². The summed E-state index contributed by atoms with van der Waals surface area (Å²) in [7, 11) is 0. The molecule has 0 heterocycles. The van der Waals surface area contributed by atoms with Gasteiger partial charge in [-0.2, -0.15) is 0 Å². The summed E-state index contributed by atoms with van der Waals surface area (Å²) in [4.78, 5) is 12.3. The summed E-state index contributed by atoms with van der Waals surface area (Å²) in [6.07, 6.45) is 4.71. The zero-order chi connectivity index (χ0) is 12.9. The molecule has 100 valence electrons. The molecule has 4 nitrogen and oxygen atoms in total. The predicted molar refractivity (Wildman–Crippen MR) is 68.5 cm³/mol. The highest BCUT2D eigenvalue weighted by Gasteiger charge is 2.34. The number of hydrogen-bond acceptors (Lipinski definition) is 3. The molecule has 0 aliphatic heterocycles. The van der Waals surface area contributed by atoms with Gasteiger partial charge in [-0.05, 0) is 38.5 Å². The fourth-order valence-corrected chi connectivity index (χ4v) is 2.51. The molecule has 0 atom stereocenters. The molecule has 0 aromatic rings. The third-order valence-electron chi connectivity index (χ3n) is 4.26. The first kappa shape index (κ1) is 14.5. The topological polar surface area (TPSA) is 75.4 Å². The molecule has 0 bridgehead atoms. The van der Waals surface area contributed by atoms with Gasteiger partial charge in [-0.1, -0.05) is 13.8 Å². The minimum absolute atomic E-state index is 0.0892. The van der Waals surface area contributed by atoms with E-state index in [-0.39, 0.29) is 18.1 Å². The second-order valence-electron chi connectivity index (χ2n) is 5.17. The Morgan fingerprint density at radius 1 is 1.29 bits per heavy atom. The number of hydrogen-bond donors (Lipinski definition) is 3. The lowest BCUT2D eigenvalue weighted by atomic mass is 9.80. The Hall–Kier alpha value is -0.610. The summed E-state index contributed by atoms with van der Waals surface area (Å²) in [5.74, 6) is 0.0892. The van der Waals surface area contributed by atoms with E-state index in [1.807, 2.05) is 13.8 Å². The van der Waals surface area contributed by atoms with Crippen molar-refractivity contribution in [2.45, 2.75) is 64.5 Å². The van der Waals surface area contributed by atoms with E-state index >= 15 is 0 Å². The third-order valence-corrected chi connectivity index (χ3v) is 4.26. The van der Waals surface area contributed by atoms with Crippen LogP contribution in [0, 0.1) is 5.41 Å². The summed E-state index contributed by atoms with van der Waals surface area (Å²) in [5.41, 5.74) is 5.35. The number of aliphatic hydroxyl groups is 1. The first-order chi connectivity index (χ1) is 8.07. The van der Waals surface area contributed by atoms with Crippen LogP contribution in [0.4, 0.5) is 0 Å². The van der Waals surface area contributed by atoms with E-state index in [9.17, 15) is 9.90 Å². The van der Waals surface area contributed by atoms with E-state index in [1.165, 1.54) is 0 Å². The molecule has 0 aromatic carbocycles. The average molecular weight is 242 g/mol. The number of amides is 1. The molecule has 0 aromatic heterocycles. The van der Waals surface area contributed by atoms with Gasteiger partial charge in [0.05, 0.1) is 11.5 Å². The molecule has 1 aliphatic carbocycles. The van der Waals surface area contributed by atoms with Crippen LogP contribution in [0.2, 0.25) is 0 Å². The first-order valence-electron chi connectivity index (χ1n) is 6.77. The van der Waals surface area contributed by atoms with E-state index in [4.69, 9.17) is 5.73 Å². The number of carbonyl (C=O) groups excluding carboxylic acids is 1. The fraction of sp³-hybridized carbons (Fsp3) is 0.923. The Bertz CT molecular complexity index is 236. The lowest BCUT2D eigenvalue weighted by molar-refractivity contribution is -0.132. The van der Waals surface area contributed by atoms with Gasteiger partial charge in [0, 0.05) is 12.6 Å². The maximum atomic E-state index is 12.3. The Labute approximate surface area is 104 Å². The molecule has 1 fully saturated rings. The van der Waals surface area contributed by atoms with E-state index < -0.39 is 5.41 Å². The highest BCUT2D eigenvalue weighted by Crippen LogP contribution is 2.26. The van der Waals surface area contributed by atoms with Gasteiger partial charge in [0.15, 0.2) is 0 Å². The Kier molecular flexibility index (Phi) is 5.40. The van der Waals surface area contributed by atoms with E-state index in [0.717, 1.165) is 38.5 Å². The van der Waals surface area contributed by atoms with Crippen LogP contribution in [-0.4, -0.2) is 29.7 Å². The zero-order valence-corrected chi connectivity index (χ0v) is 11.0. The number of rotatable bonds is 5. The number of nitrogens with one attached hydrogen (secondary N) is 1. The minimum Gasteiger partial charge on any atom is -0.393 e. The highest BCUT2D eigenvalue weighted by molar-refractivity contribution is 5.83. The second-order valence-corrected chi connectivity index (χ2v) is 5.17. The van der Waals surface area contributed by atoms with Crippen molar-refractivity contribution in [2.24, 2.45) is 11.1 Å². The number of carbonyl (C=O) groups is 1. The van der Waals surface area contributed by atoms with Crippen LogP contribution in [-0.2, 0) is 4.79 Å². The Balaban J connectivity index is 2.52. The molecule has 1 amide bonds. The van der Waals surface area contributed by atoms with E-state index in [0.29, 0.717) is 6.54 Å². The van der Waals surface area contributed by atoms with Crippen molar-refractivity contribution in [3.05, 3.63) is 0 Å². The minimum atomic E-state index is -0.407. The van der Waals surface area contributed by atoms with Crippen molar-refractivity contribution in [1.82, 2.24) is 5.32 Å². The fourth-order valence-electron chi connectivity index (χ4n) is 2.51. The zero-order valence-electron chi connectivity index (χ0n) is 11.0. The molecular formula is C13H26N2O2. The van der Waals surface area contributed by atoms with Crippen LogP contribution in [0.1, 0.15) is 52.4 Å². The second kappa shape index (κ2) is 6.36. The maximum Gasteiger partial charge on any atom is 0.227 e. The van der Waals surface area contributed by atoms with Crippen molar-refractivity contribution in [2.75, 3.05) is 6.54 Å². The molecule has 1 rings (SSSR count). The summed E-state index contributed by atoms with van der Waals surface area (Å²) in [5, 5.41) is 12.5. The van der Waals surface area contributed by atoms with Crippen LogP contribution < -0.4 is 11.1 Å². The molecule has 0 spiro atoms. The normalized spacial score (nSPS) is 25.6. The van der Waals surface area contributed by atoms with Crippen LogP contribution in [0.25, 0.3) is 0 Å². The quantitative estimate of drug-likeness (QED) is 0.677. The largest absolute Gasteiger partial charge is 0.393 e. The summed E-state index contributed by atoms with van der Waals surface area (Å²) in [6.45, 7) is 4.43. The standard InChI is InChI=1S/C13H26N2O2/c1-3-13(4-2,9-14)12(17)15-10-5-7-11(16)8-6-10/h10-11,16H,3-9,14H2,1-2H3,(H,15,17).